The maximum Gasteiger partial charge on any atom is 0.236 e. The fourth-order valence-electron chi connectivity index (χ4n) is 2.80. The highest BCUT2D eigenvalue weighted by Crippen LogP contribution is 2.44. The predicted octanol–water partition coefficient (Wildman–Crippen LogP) is 3.59. The van der Waals surface area contributed by atoms with Gasteiger partial charge in [0.15, 0.2) is 0 Å². The molecule has 1 amide bonds. The first-order chi connectivity index (χ1) is 10.1. The molecule has 1 aromatic carbocycles. The van der Waals surface area contributed by atoms with Gasteiger partial charge in [-0.05, 0) is 55.2 Å². The van der Waals surface area contributed by atoms with Crippen LogP contribution in [0, 0.1) is 12.7 Å². The van der Waals surface area contributed by atoms with Gasteiger partial charge in [-0.15, -0.1) is 0 Å². The third kappa shape index (κ3) is 2.53. The second kappa shape index (κ2) is 5.28. The summed E-state index contributed by atoms with van der Waals surface area (Å²) in [6.07, 6.45) is 4.13. The molecule has 0 unspecified atom stereocenters. The number of aromatic nitrogens is 1. The molecule has 1 saturated carbocycles. The van der Waals surface area contributed by atoms with Crippen molar-refractivity contribution >= 4 is 11.7 Å². The molecule has 1 aliphatic carbocycles. The number of nitrogens with one attached hydrogen (secondary N) is 1. The van der Waals surface area contributed by atoms with Gasteiger partial charge >= 0.3 is 0 Å². The molecule has 4 heteroatoms. The van der Waals surface area contributed by atoms with Gasteiger partial charge in [0.05, 0.1) is 5.41 Å². The Labute approximate surface area is 123 Å². The Kier molecular flexibility index (Phi) is 3.45. The number of rotatable bonds is 3. The molecule has 0 atom stereocenters. The second-order valence-electron chi connectivity index (χ2n) is 5.62. The van der Waals surface area contributed by atoms with E-state index in [2.05, 4.69) is 10.3 Å². The molecule has 0 saturated heterocycles. The Morgan fingerprint density at radius 3 is 2.71 bits per heavy atom. The Balaban J connectivity index is 1.87. The van der Waals surface area contributed by atoms with Gasteiger partial charge in [-0.25, -0.2) is 9.37 Å². The van der Waals surface area contributed by atoms with Crippen LogP contribution in [0.4, 0.5) is 10.2 Å². The van der Waals surface area contributed by atoms with Crippen LogP contribution in [0.3, 0.4) is 0 Å². The van der Waals surface area contributed by atoms with E-state index in [9.17, 15) is 9.18 Å². The highest BCUT2D eigenvalue weighted by molar-refractivity contribution is 5.99. The zero-order valence-corrected chi connectivity index (χ0v) is 11.9. The van der Waals surface area contributed by atoms with Gasteiger partial charge in [-0.3, -0.25) is 4.79 Å². The van der Waals surface area contributed by atoms with Crippen molar-refractivity contribution in [3.8, 4) is 0 Å². The van der Waals surface area contributed by atoms with Crippen molar-refractivity contribution in [1.82, 2.24) is 4.98 Å². The largest absolute Gasteiger partial charge is 0.310 e. The quantitative estimate of drug-likeness (QED) is 0.936. The van der Waals surface area contributed by atoms with Crippen molar-refractivity contribution in [3.63, 3.8) is 0 Å². The summed E-state index contributed by atoms with van der Waals surface area (Å²) in [7, 11) is 0. The predicted molar refractivity (Wildman–Crippen MR) is 79.5 cm³/mol. The van der Waals surface area contributed by atoms with E-state index in [4.69, 9.17) is 0 Å². The number of benzene rings is 1. The Bertz CT molecular complexity index is 680. The van der Waals surface area contributed by atoms with E-state index < -0.39 is 5.41 Å². The van der Waals surface area contributed by atoms with E-state index in [1.165, 1.54) is 12.1 Å². The molecular formula is C17H17FN2O. The first kappa shape index (κ1) is 13.7. The van der Waals surface area contributed by atoms with E-state index in [-0.39, 0.29) is 11.7 Å². The van der Waals surface area contributed by atoms with Crippen LogP contribution in [0.25, 0.3) is 0 Å². The van der Waals surface area contributed by atoms with Crippen molar-refractivity contribution in [2.24, 2.45) is 0 Å². The summed E-state index contributed by atoms with van der Waals surface area (Å²) in [5, 5.41) is 2.87. The summed E-state index contributed by atoms with van der Waals surface area (Å²) < 4.78 is 13.5. The molecule has 0 spiro atoms. The maximum absolute atomic E-state index is 13.5. The summed E-state index contributed by atoms with van der Waals surface area (Å²) in [6, 6.07) is 10.0. The van der Waals surface area contributed by atoms with E-state index in [0.717, 1.165) is 30.4 Å². The van der Waals surface area contributed by atoms with Gasteiger partial charge in [-0.1, -0.05) is 18.6 Å². The first-order valence-electron chi connectivity index (χ1n) is 7.10. The first-order valence-corrected chi connectivity index (χ1v) is 7.10. The number of carbonyl (C=O) groups excluding carboxylic acids is 1. The number of nitrogens with zero attached hydrogens (tertiary/aromatic N) is 1. The third-order valence-electron chi connectivity index (χ3n) is 4.18. The molecule has 2 aromatic rings. The summed E-state index contributed by atoms with van der Waals surface area (Å²) >= 11 is 0. The lowest BCUT2D eigenvalue weighted by atomic mass is 9.64. The Morgan fingerprint density at radius 2 is 2.10 bits per heavy atom. The number of halogens is 1. The standard InChI is InChI=1S/C17H17FN2O/c1-12-6-9-19-15(10-12)20-16(21)17(7-3-8-17)13-4-2-5-14(18)11-13/h2,4-6,9-11H,3,7-8H2,1H3,(H,19,20,21). The summed E-state index contributed by atoms with van der Waals surface area (Å²) in [5.41, 5.74) is 1.17. The molecule has 0 aliphatic heterocycles. The molecule has 108 valence electrons. The number of carbonyl (C=O) groups is 1. The normalized spacial score (nSPS) is 16.1. The molecular weight excluding hydrogens is 267 g/mol. The average molecular weight is 284 g/mol. The van der Waals surface area contributed by atoms with E-state index in [1.54, 1.807) is 12.3 Å². The van der Waals surface area contributed by atoms with Crippen LogP contribution >= 0.6 is 0 Å². The topological polar surface area (TPSA) is 42.0 Å². The van der Waals surface area contributed by atoms with Gasteiger partial charge < -0.3 is 5.32 Å². The number of hydrogen-bond acceptors (Lipinski definition) is 2. The van der Waals surface area contributed by atoms with Crippen LogP contribution in [0.2, 0.25) is 0 Å². The lowest BCUT2D eigenvalue weighted by Gasteiger charge is -2.40. The summed E-state index contributed by atoms with van der Waals surface area (Å²) in [4.78, 5) is 16.8. The fraction of sp³-hybridized carbons (Fsp3) is 0.294. The average Bonchev–Trinajstić information content (AvgIpc) is 2.37. The van der Waals surface area contributed by atoms with Gasteiger partial charge in [0, 0.05) is 6.20 Å². The molecule has 1 fully saturated rings. The molecule has 21 heavy (non-hydrogen) atoms. The van der Waals surface area contributed by atoms with Crippen LogP contribution < -0.4 is 5.32 Å². The van der Waals surface area contributed by atoms with Crippen LogP contribution in [-0.4, -0.2) is 10.9 Å². The number of anilines is 1. The molecule has 1 N–H and O–H groups in total. The third-order valence-corrected chi connectivity index (χ3v) is 4.18. The van der Waals surface area contributed by atoms with Gasteiger partial charge in [0.25, 0.3) is 0 Å². The Morgan fingerprint density at radius 1 is 1.29 bits per heavy atom. The monoisotopic (exact) mass is 284 g/mol. The van der Waals surface area contributed by atoms with Crippen LogP contribution in [0.5, 0.6) is 0 Å². The van der Waals surface area contributed by atoms with Crippen LogP contribution in [0.15, 0.2) is 42.6 Å². The number of amides is 1. The molecule has 0 radical (unpaired) electrons. The van der Waals surface area contributed by atoms with E-state index in [0.29, 0.717) is 5.82 Å². The summed E-state index contributed by atoms with van der Waals surface area (Å²) in [5.74, 6) is 0.139. The molecule has 1 heterocycles. The molecule has 3 nitrogen and oxygen atoms in total. The van der Waals surface area contributed by atoms with Crippen LogP contribution in [-0.2, 0) is 10.2 Å². The summed E-state index contributed by atoms with van der Waals surface area (Å²) in [6.45, 7) is 1.95. The molecule has 1 aromatic heterocycles. The second-order valence-corrected chi connectivity index (χ2v) is 5.62. The van der Waals surface area contributed by atoms with Crippen molar-refractivity contribution in [2.75, 3.05) is 5.32 Å². The van der Waals surface area contributed by atoms with E-state index in [1.807, 2.05) is 25.1 Å². The van der Waals surface area contributed by atoms with Gasteiger partial charge in [-0.2, -0.15) is 0 Å². The lowest BCUT2D eigenvalue weighted by Crippen LogP contribution is -2.46. The van der Waals surface area contributed by atoms with Gasteiger partial charge in [0.2, 0.25) is 5.91 Å². The van der Waals surface area contributed by atoms with E-state index >= 15 is 0 Å². The van der Waals surface area contributed by atoms with Crippen molar-refractivity contribution in [1.29, 1.82) is 0 Å². The minimum atomic E-state index is -0.618. The number of aryl methyl sites for hydroxylation is 1. The molecule has 1 aliphatic rings. The van der Waals surface area contributed by atoms with Gasteiger partial charge in [0.1, 0.15) is 11.6 Å². The lowest BCUT2D eigenvalue weighted by molar-refractivity contribution is -0.124. The zero-order chi connectivity index (χ0) is 14.9. The highest BCUT2D eigenvalue weighted by atomic mass is 19.1. The fourth-order valence-corrected chi connectivity index (χ4v) is 2.80. The van der Waals surface area contributed by atoms with Crippen molar-refractivity contribution in [2.45, 2.75) is 31.6 Å². The van der Waals surface area contributed by atoms with Crippen molar-refractivity contribution < 1.29 is 9.18 Å². The minimum absolute atomic E-state index is 0.0996. The SMILES string of the molecule is Cc1ccnc(NC(=O)C2(c3cccc(F)c3)CCC2)c1. The number of pyridine rings is 1. The minimum Gasteiger partial charge on any atom is -0.310 e. The zero-order valence-electron chi connectivity index (χ0n) is 11.9. The number of hydrogen-bond donors (Lipinski definition) is 1. The smallest absolute Gasteiger partial charge is 0.236 e. The Hall–Kier alpha value is -2.23. The van der Waals surface area contributed by atoms with Crippen LogP contribution in [0.1, 0.15) is 30.4 Å². The molecule has 3 rings (SSSR count). The van der Waals surface area contributed by atoms with Crippen molar-refractivity contribution in [3.05, 3.63) is 59.5 Å². The molecule has 0 bridgehead atoms. The highest BCUT2D eigenvalue weighted by Gasteiger charge is 2.45. The maximum atomic E-state index is 13.5.